The van der Waals surface area contributed by atoms with Gasteiger partial charge in [-0.05, 0) is 60.9 Å². The van der Waals surface area contributed by atoms with Gasteiger partial charge >= 0.3 is 5.97 Å². The normalized spacial score (nSPS) is 21.6. The predicted molar refractivity (Wildman–Crippen MR) is 139 cm³/mol. The fourth-order valence-corrected chi connectivity index (χ4v) is 6.00. The number of rotatable bonds is 5. The van der Waals surface area contributed by atoms with Gasteiger partial charge in [0.2, 0.25) is 11.8 Å². The highest BCUT2D eigenvalue weighted by Crippen LogP contribution is 2.65. The average Bonchev–Trinajstić information content (AvgIpc) is 3.48. The number of carbonyl (C=O) groups excluding carboxylic acids is 1. The number of halogens is 1. The Morgan fingerprint density at radius 1 is 1.05 bits per heavy atom. The lowest BCUT2D eigenvalue weighted by Crippen LogP contribution is -2.25. The summed E-state index contributed by atoms with van der Waals surface area (Å²) in [5.74, 6) is -0.667. The summed E-state index contributed by atoms with van der Waals surface area (Å²) in [6.07, 6.45) is 1.59. The Hall–Kier alpha value is -3.99. The maximum Gasteiger partial charge on any atom is 0.338 e. The second kappa shape index (κ2) is 8.27. The third kappa shape index (κ3) is 3.41. The molecule has 3 heterocycles. The minimum absolute atomic E-state index is 0.0744. The highest BCUT2D eigenvalue weighted by Gasteiger charge is 2.61. The Kier molecular flexibility index (Phi) is 5.23. The summed E-state index contributed by atoms with van der Waals surface area (Å²) in [6.45, 7) is 9.48. The highest BCUT2D eigenvalue weighted by molar-refractivity contribution is 6.30. The van der Waals surface area contributed by atoms with Crippen molar-refractivity contribution in [3.63, 3.8) is 0 Å². The second-order valence-corrected chi connectivity index (χ2v) is 10.2. The molecular weight excluding hydrogens is 492 g/mol. The van der Waals surface area contributed by atoms with Gasteiger partial charge in [-0.25, -0.2) is 9.64 Å². The van der Waals surface area contributed by atoms with E-state index in [-0.39, 0.29) is 18.4 Å². The minimum atomic E-state index is -0.899. The Bertz CT molecular complexity index is 1620. The van der Waals surface area contributed by atoms with Gasteiger partial charge < -0.3 is 19.7 Å². The molecule has 6 rings (SSSR count). The molecule has 1 saturated heterocycles. The number of fused-ring (bicyclic) bond motifs is 6. The van der Waals surface area contributed by atoms with Gasteiger partial charge in [0.05, 0.1) is 41.2 Å². The zero-order chi connectivity index (χ0) is 25.9. The SMILES string of the molecule is [C-]#[N+]c1ccc(-n2c(O)c3c(c2O)C2(CCOC(=O)c4ccc(Cl)cc4)CCC3(C)O2)c2ccccc12. The first-order valence-corrected chi connectivity index (χ1v) is 12.4. The van der Waals surface area contributed by atoms with Gasteiger partial charge in [0.15, 0.2) is 5.69 Å². The second-order valence-electron chi connectivity index (χ2n) is 9.71. The number of benzene rings is 3. The quantitative estimate of drug-likeness (QED) is 0.228. The third-order valence-electron chi connectivity index (χ3n) is 7.59. The monoisotopic (exact) mass is 514 g/mol. The van der Waals surface area contributed by atoms with Crippen LogP contribution in [0.4, 0.5) is 5.69 Å². The standard InChI is InChI=1S/C29H23ClN2O5/c1-28-13-14-29(37-28,15-16-36-27(35)17-7-9-18(30)10-8-17)24-23(28)25(33)32(26(24)34)22-12-11-21(31-2)19-5-3-4-6-20(19)22/h3-12,33-34H,13-16H2,1H3. The zero-order valence-electron chi connectivity index (χ0n) is 20.0. The van der Waals surface area contributed by atoms with Crippen LogP contribution in [0.25, 0.3) is 21.3 Å². The summed E-state index contributed by atoms with van der Waals surface area (Å²) in [4.78, 5) is 16.1. The molecule has 0 spiro atoms. The molecule has 2 aliphatic rings. The predicted octanol–water partition coefficient (Wildman–Crippen LogP) is 6.73. The smallest absolute Gasteiger partial charge is 0.338 e. The fourth-order valence-electron chi connectivity index (χ4n) is 5.87. The van der Waals surface area contributed by atoms with Crippen molar-refractivity contribution >= 4 is 34.0 Å². The maximum absolute atomic E-state index is 12.5. The first kappa shape index (κ1) is 23.4. The summed E-state index contributed by atoms with van der Waals surface area (Å²) in [6, 6.07) is 17.3. The van der Waals surface area contributed by atoms with Gasteiger partial charge in [0, 0.05) is 11.4 Å². The van der Waals surface area contributed by atoms with Crippen molar-refractivity contribution in [3.8, 4) is 17.4 Å². The molecule has 1 aromatic heterocycles. The lowest BCUT2D eigenvalue weighted by atomic mass is 9.78. The first-order chi connectivity index (χ1) is 17.8. The van der Waals surface area contributed by atoms with Gasteiger partial charge in [-0.15, -0.1) is 0 Å². The molecule has 3 aromatic carbocycles. The largest absolute Gasteiger partial charge is 0.494 e. The highest BCUT2D eigenvalue weighted by atomic mass is 35.5. The number of ether oxygens (including phenoxy) is 2. The van der Waals surface area contributed by atoms with Crippen molar-refractivity contribution in [2.75, 3.05) is 6.61 Å². The Labute approximate surface area is 218 Å². The van der Waals surface area contributed by atoms with Crippen LogP contribution in [0.5, 0.6) is 11.8 Å². The molecule has 1 fully saturated rings. The van der Waals surface area contributed by atoms with Crippen LogP contribution in [0.3, 0.4) is 0 Å². The average molecular weight is 515 g/mol. The van der Waals surface area contributed by atoms with Gasteiger partial charge in [-0.1, -0.05) is 41.9 Å². The van der Waals surface area contributed by atoms with E-state index in [0.29, 0.717) is 52.4 Å². The van der Waals surface area contributed by atoms with Crippen molar-refractivity contribution in [1.29, 1.82) is 0 Å². The zero-order valence-corrected chi connectivity index (χ0v) is 20.7. The molecular formula is C29H23ClN2O5. The molecule has 2 N–H and O–H groups in total. The van der Waals surface area contributed by atoms with E-state index in [0.717, 1.165) is 10.8 Å². The molecule has 0 saturated carbocycles. The molecule has 2 aliphatic heterocycles. The Morgan fingerprint density at radius 3 is 2.49 bits per heavy atom. The number of nitrogens with zero attached hydrogens (tertiary/aromatic N) is 2. The van der Waals surface area contributed by atoms with Gasteiger partial charge in [0.1, 0.15) is 5.60 Å². The maximum atomic E-state index is 12.5. The Balaban J connectivity index is 1.37. The van der Waals surface area contributed by atoms with Crippen LogP contribution in [0.1, 0.15) is 47.7 Å². The fraction of sp³-hybridized carbons (Fsp3) is 0.241. The van der Waals surface area contributed by atoms with Crippen molar-refractivity contribution in [2.24, 2.45) is 0 Å². The molecule has 0 amide bonds. The molecule has 4 aromatic rings. The van der Waals surface area contributed by atoms with E-state index in [2.05, 4.69) is 4.85 Å². The molecule has 0 radical (unpaired) electrons. The van der Waals surface area contributed by atoms with E-state index >= 15 is 0 Å². The van der Waals surface area contributed by atoms with Crippen LogP contribution in [0.2, 0.25) is 5.02 Å². The molecule has 0 aliphatic carbocycles. The van der Waals surface area contributed by atoms with Crippen LogP contribution < -0.4 is 0 Å². The number of hydrogen-bond acceptors (Lipinski definition) is 5. The van der Waals surface area contributed by atoms with E-state index in [9.17, 15) is 15.0 Å². The van der Waals surface area contributed by atoms with E-state index in [1.165, 1.54) is 4.57 Å². The van der Waals surface area contributed by atoms with Crippen molar-refractivity contribution < 1.29 is 24.5 Å². The van der Waals surface area contributed by atoms with Crippen LogP contribution in [-0.2, 0) is 20.7 Å². The number of esters is 1. The molecule has 186 valence electrons. The summed E-state index contributed by atoms with van der Waals surface area (Å²) < 4.78 is 13.4. The van der Waals surface area contributed by atoms with Gasteiger partial charge in [-0.3, -0.25) is 4.57 Å². The van der Waals surface area contributed by atoms with Crippen LogP contribution in [-0.4, -0.2) is 27.4 Å². The molecule has 2 unspecified atom stereocenters. The Morgan fingerprint density at radius 2 is 1.76 bits per heavy atom. The summed E-state index contributed by atoms with van der Waals surface area (Å²) in [5, 5.41) is 24.9. The number of hydrogen-bond donors (Lipinski definition) is 2. The summed E-state index contributed by atoms with van der Waals surface area (Å²) >= 11 is 5.90. The van der Waals surface area contributed by atoms with Crippen molar-refractivity contribution in [3.05, 3.63) is 93.8 Å². The number of aromatic nitrogens is 1. The van der Waals surface area contributed by atoms with E-state index < -0.39 is 17.2 Å². The number of carbonyl (C=O) groups is 1. The van der Waals surface area contributed by atoms with Crippen molar-refractivity contribution in [2.45, 2.75) is 37.4 Å². The summed E-state index contributed by atoms with van der Waals surface area (Å²) in [5.41, 5.74) is 0.857. The lowest BCUT2D eigenvalue weighted by molar-refractivity contribution is -0.0897. The van der Waals surface area contributed by atoms with E-state index in [4.69, 9.17) is 27.6 Å². The van der Waals surface area contributed by atoms with Crippen LogP contribution in [0.15, 0.2) is 60.7 Å². The first-order valence-electron chi connectivity index (χ1n) is 12.0. The van der Waals surface area contributed by atoms with Crippen LogP contribution in [0, 0.1) is 6.57 Å². The topological polar surface area (TPSA) is 85.3 Å². The van der Waals surface area contributed by atoms with E-state index in [1.807, 2.05) is 31.2 Å². The number of aromatic hydroxyl groups is 2. The molecule has 2 bridgehead atoms. The molecule has 7 nitrogen and oxygen atoms in total. The minimum Gasteiger partial charge on any atom is -0.494 e. The van der Waals surface area contributed by atoms with Gasteiger partial charge in [-0.2, -0.15) is 0 Å². The molecule has 8 heteroatoms. The van der Waals surface area contributed by atoms with Crippen molar-refractivity contribution in [1.82, 2.24) is 4.57 Å². The third-order valence-corrected chi connectivity index (χ3v) is 7.84. The molecule has 2 atom stereocenters. The summed E-state index contributed by atoms with van der Waals surface area (Å²) in [7, 11) is 0. The van der Waals surface area contributed by atoms with Gasteiger partial charge in [0.25, 0.3) is 0 Å². The lowest BCUT2D eigenvalue weighted by Gasteiger charge is -2.26. The van der Waals surface area contributed by atoms with E-state index in [1.54, 1.807) is 36.4 Å². The van der Waals surface area contributed by atoms with Crippen LogP contribution >= 0.6 is 11.6 Å². The molecule has 37 heavy (non-hydrogen) atoms.